The Labute approximate surface area is 87.5 Å². The van der Waals surface area contributed by atoms with E-state index in [9.17, 15) is 0 Å². The first-order valence-electron chi connectivity index (χ1n) is 5.26. The van der Waals surface area contributed by atoms with Crippen molar-refractivity contribution in [3.05, 3.63) is 12.7 Å². The molecule has 0 rings (SSSR count). The van der Waals surface area contributed by atoms with Crippen molar-refractivity contribution < 1.29 is 9.47 Å². The molecule has 0 aliphatic rings. The molecule has 0 aliphatic carbocycles. The van der Waals surface area contributed by atoms with E-state index in [1.54, 1.807) is 7.11 Å². The van der Waals surface area contributed by atoms with E-state index in [0.717, 1.165) is 26.0 Å². The fraction of sp³-hybridized carbons (Fsp3) is 0.818. The molecular formula is C11H23NO2. The minimum Gasteiger partial charge on any atom is -0.382 e. The highest BCUT2D eigenvalue weighted by Gasteiger charge is 2.04. The molecule has 0 fully saturated rings. The number of rotatable bonds is 10. The molecule has 84 valence electrons. The van der Waals surface area contributed by atoms with Gasteiger partial charge in [-0.05, 0) is 19.4 Å². The van der Waals surface area contributed by atoms with E-state index in [4.69, 9.17) is 9.47 Å². The normalized spacial score (nSPS) is 12.7. The molecular weight excluding hydrogens is 178 g/mol. The van der Waals surface area contributed by atoms with Crippen molar-refractivity contribution in [2.45, 2.75) is 25.8 Å². The lowest BCUT2D eigenvalue weighted by Crippen LogP contribution is -2.34. The van der Waals surface area contributed by atoms with Gasteiger partial charge in [-0.1, -0.05) is 13.0 Å². The molecule has 0 heterocycles. The van der Waals surface area contributed by atoms with Crippen LogP contribution in [0.1, 0.15) is 19.8 Å². The van der Waals surface area contributed by atoms with Crippen molar-refractivity contribution in [1.82, 2.24) is 5.32 Å². The van der Waals surface area contributed by atoms with Crippen molar-refractivity contribution in [2.75, 3.05) is 33.5 Å². The van der Waals surface area contributed by atoms with Crippen LogP contribution in [0.25, 0.3) is 0 Å². The molecule has 1 atom stereocenters. The molecule has 0 aromatic carbocycles. The zero-order valence-corrected chi connectivity index (χ0v) is 9.42. The minimum atomic E-state index is 0.393. The van der Waals surface area contributed by atoms with Crippen molar-refractivity contribution in [3.63, 3.8) is 0 Å². The van der Waals surface area contributed by atoms with Gasteiger partial charge in [-0.2, -0.15) is 0 Å². The van der Waals surface area contributed by atoms with Gasteiger partial charge in [0, 0.05) is 13.2 Å². The molecule has 3 nitrogen and oxygen atoms in total. The molecule has 3 heteroatoms. The Morgan fingerprint density at radius 1 is 1.43 bits per heavy atom. The molecule has 1 unspecified atom stereocenters. The predicted molar refractivity (Wildman–Crippen MR) is 59.6 cm³/mol. The fourth-order valence-electron chi connectivity index (χ4n) is 1.13. The maximum absolute atomic E-state index is 5.45. The van der Waals surface area contributed by atoms with Gasteiger partial charge in [0.05, 0.1) is 19.8 Å². The van der Waals surface area contributed by atoms with Crippen LogP contribution in [0.4, 0.5) is 0 Å². The summed E-state index contributed by atoms with van der Waals surface area (Å²) < 4.78 is 10.3. The molecule has 0 aliphatic heterocycles. The van der Waals surface area contributed by atoms with Crippen molar-refractivity contribution in [2.24, 2.45) is 0 Å². The Morgan fingerprint density at radius 3 is 2.79 bits per heavy atom. The quantitative estimate of drug-likeness (QED) is 0.430. The van der Waals surface area contributed by atoms with Crippen LogP contribution in [-0.4, -0.2) is 39.5 Å². The second kappa shape index (κ2) is 10.7. The Kier molecular flexibility index (Phi) is 10.4. The van der Waals surface area contributed by atoms with Crippen molar-refractivity contribution in [3.8, 4) is 0 Å². The molecule has 0 saturated carbocycles. The summed E-state index contributed by atoms with van der Waals surface area (Å²) in [6.45, 7) is 8.98. The van der Waals surface area contributed by atoms with Crippen LogP contribution in [0.5, 0.6) is 0 Å². The van der Waals surface area contributed by atoms with E-state index in [-0.39, 0.29) is 0 Å². The van der Waals surface area contributed by atoms with Gasteiger partial charge in [0.1, 0.15) is 0 Å². The number of nitrogens with one attached hydrogen (secondary N) is 1. The van der Waals surface area contributed by atoms with Gasteiger partial charge in [0.15, 0.2) is 0 Å². The summed E-state index contributed by atoms with van der Waals surface area (Å²) in [6, 6.07) is 0.393. The van der Waals surface area contributed by atoms with Crippen molar-refractivity contribution >= 4 is 0 Å². The summed E-state index contributed by atoms with van der Waals surface area (Å²) >= 11 is 0. The first-order valence-corrected chi connectivity index (χ1v) is 5.26. The van der Waals surface area contributed by atoms with E-state index in [1.807, 2.05) is 6.08 Å². The topological polar surface area (TPSA) is 30.5 Å². The second-order valence-electron chi connectivity index (χ2n) is 3.24. The molecule has 0 aromatic heterocycles. The highest BCUT2D eigenvalue weighted by atomic mass is 16.5. The fourth-order valence-corrected chi connectivity index (χ4v) is 1.13. The lowest BCUT2D eigenvalue weighted by Gasteiger charge is -2.16. The Balaban J connectivity index is 3.45. The molecule has 0 saturated heterocycles. The summed E-state index contributed by atoms with van der Waals surface area (Å²) in [7, 11) is 1.68. The maximum atomic E-state index is 5.45. The van der Waals surface area contributed by atoms with Crippen LogP contribution in [0, 0.1) is 0 Å². The third-order valence-electron chi connectivity index (χ3n) is 1.89. The van der Waals surface area contributed by atoms with Gasteiger partial charge in [0.25, 0.3) is 0 Å². The van der Waals surface area contributed by atoms with Crippen LogP contribution in [0.3, 0.4) is 0 Å². The number of hydrogen-bond donors (Lipinski definition) is 1. The molecule has 0 aromatic rings. The number of ether oxygens (including phenoxy) is 2. The molecule has 1 N–H and O–H groups in total. The standard InChI is InChI=1S/C11H23NO2/c1-4-6-11(12-7-5-2)10-14-9-8-13-3/h4,11-12H,1,5-10H2,2-3H3. The number of hydrogen-bond acceptors (Lipinski definition) is 3. The third-order valence-corrected chi connectivity index (χ3v) is 1.89. The predicted octanol–water partition coefficient (Wildman–Crippen LogP) is 1.59. The van der Waals surface area contributed by atoms with Crippen LogP contribution in [0.15, 0.2) is 12.7 Å². The smallest absolute Gasteiger partial charge is 0.0701 e. The second-order valence-corrected chi connectivity index (χ2v) is 3.24. The molecule has 14 heavy (non-hydrogen) atoms. The Morgan fingerprint density at radius 2 is 2.21 bits per heavy atom. The van der Waals surface area contributed by atoms with Crippen LogP contribution < -0.4 is 5.32 Å². The van der Waals surface area contributed by atoms with Gasteiger partial charge < -0.3 is 14.8 Å². The van der Waals surface area contributed by atoms with E-state index in [2.05, 4.69) is 18.8 Å². The minimum absolute atomic E-state index is 0.393. The SMILES string of the molecule is C=CCC(COCCOC)NCCC. The van der Waals surface area contributed by atoms with E-state index in [0.29, 0.717) is 19.3 Å². The third kappa shape index (κ3) is 8.23. The van der Waals surface area contributed by atoms with Gasteiger partial charge in [-0.3, -0.25) is 0 Å². The summed E-state index contributed by atoms with van der Waals surface area (Å²) in [5.41, 5.74) is 0. The zero-order valence-electron chi connectivity index (χ0n) is 9.42. The van der Waals surface area contributed by atoms with Gasteiger partial charge in [-0.25, -0.2) is 0 Å². The molecule has 0 bridgehead atoms. The van der Waals surface area contributed by atoms with Crippen LogP contribution in [-0.2, 0) is 9.47 Å². The summed E-state index contributed by atoms with van der Waals surface area (Å²) in [4.78, 5) is 0. The van der Waals surface area contributed by atoms with Crippen molar-refractivity contribution in [1.29, 1.82) is 0 Å². The summed E-state index contributed by atoms with van der Waals surface area (Å²) in [5, 5.41) is 3.41. The summed E-state index contributed by atoms with van der Waals surface area (Å²) in [5.74, 6) is 0. The molecule has 0 amide bonds. The van der Waals surface area contributed by atoms with Crippen LogP contribution in [0.2, 0.25) is 0 Å². The Hall–Kier alpha value is -0.380. The lowest BCUT2D eigenvalue weighted by atomic mass is 10.2. The average molecular weight is 201 g/mol. The highest BCUT2D eigenvalue weighted by Crippen LogP contribution is 1.94. The Bertz CT molecular complexity index is 128. The molecule has 0 radical (unpaired) electrons. The lowest BCUT2D eigenvalue weighted by molar-refractivity contribution is 0.0591. The monoisotopic (exact) mass is 201 g/mol. The van der Waals surface area contributed by atoms with E-state index < -0.39 is 0 Å². The largest absolute Gasteiger partial charge is 0.382 e. The van der Waals surface area contributed by atoms with Crippen LogP contribution >= 0.6 is 0 Å². The average Bonchev–Trinajstić information content (AvgIpc) is 2.20. The van der Waals surface area contributed by atoms with Gasteiger partial charge >= 0.3 is 0 Å². The first-order chi connectivity index (χ1) is 6.85. The highest BCUT2D eigenvalue weighted by molar-refractivity contribution is 4.77. The molecule has 0 spiro atoms. The zero-order chi connectivity index (χ0) is 10.6. The first kappa shape index (κ1) is 13.6. The van der Waals surface area contributed by atoms with E-state index >= 15 is 0 Å². The maximum Gasteiger partial charge on any atom is 0.0701 e. The van der Waals surface area contributed by atoms with Gasteiger partial charge in [-0.15, -0.1) is 6.58 Å². The van der Waals surface area contributed by atoms with E-state index in [1.165, 1.54) is 0 Å². The number of methoxy groups -OCH3 is 1. The summed E-state index contributed by atoms with van der Waals surface area (Å²) in [6.07, 6.45) is 4.02. The van der Waals surface area contributed by atoms with Gasteiger partial charge in [0.2, 0.25) is 0 Å².